The summed E-state index contributed by atoms with van der Waals surface area (Å²) in [6.07, 6.45) is -5.87. The van der Waals surface area contributed by atoms with Crippen LogP contribution in [-0.2, 0) is 20.5 Å². The number of ether oxygens (including phenoxy) is 2. The summed E-state index contributed by atoms with van der Waals surface area (Å²) in [6.45, 7) is 0. The van der Waals surface area contributed by atoms with Crippen LogP contribution in [0.15, 0.2) is 48.5 Å². The van der Waals surface area contributed by atoms with Crippen LogP contribution in [-0.4, -0.2) is 29.2 Å². The lowest BCUT2D eigenvalue weighted by Gasteiger charge is -2.14. The fraction of sp³-hybridized carbons (Fsp3) is 0.263. The molecule has 1 saturated heterocycles. The number of hydrogen-bond donors (Lipinski definition) is 2. The number of carbonyl (C=O) groups excluding carboxylic acids is 1. The smallest absolute Gasteiger partial charge is 0.419 e. The molecule has 0 aliphatic carbocycles. The van der Waals surface area contributed by atoms with E-state index < -0.39 is 35.8 Å². The zero-order chi connectivity index (χ0) is 20.3. The molecule has 9 heteroatoms. The summed E-state index contributed by atoms with van der Waals surface area (Å²) in [6, 6.07) is 10.6. The number of carbonyl (C=O) groups is 2. The van der Waals surface area contributed by atoms with Gasteiger partial charge in [0.05, 0.1) is 5.56 Å². The number of carboxylic acid groups (broad SMARTS) is 1. The van der Waals surface area contributed by atoms with Gasteiger partial charge >= 0.3 is 12.1 Å². The minimum absolute atomic E-state index is 0.165. The van der Waals surface area contributed by atoms with Crippen LogP contribution in [0.2, 0.25) is 0 Å². The molecule has 6 nitrogen and oxygen atoms in total. The number of carboxylic acids is 1. The summed E-state index contributed by atoms with van der Waals surface area (Å²) in [5.41, 5.74) is -0.512. The second kappa shape index (κ2) is 7.89. The van der Waals surface area contributed by atoms with Gasteiger partial charge in [0.1, 0.15) is 17.6 Å². The van der Waals surface area contributed by atoms with Gasteiger partial charge in [0, 0.05) is 5.69 Å². The minimum atomic E-state index is -4.54. The Morgan fingerprint density at radius 3 is 2.29 bits per heavy atom. The Labute approximate surface area is 157 Å². The van der Waals surface area contributed by atoms with Crippen LogP contribution in [0.3, 0.4) is 0 Å². The molecule has 2 aromatic rings. The van der Waals surface area contributed by atoms with Gasteiger partial charge in [-0.1, -0.05) is 12.1 Å². The van der Waals surface area contributed by atoms with Crippen molar-refractivity contribution in [1.29, 1.82) is 0 Å². The zero-order valence-electron chi connectivity index (χ0n) is 14.4. The number of anilines is 1. The number of nitrogens with one attached hydrogen (secondary N) is 1. The molecule has 1 amide bonds. The normalized spacial score (nSPS) is 19.2. The Morgan fingerprint density at radius 1 is 1.04 bits per heavy atom. The lowest BCUT2D eigenvalue weighted by Crippen LogP contribution is -2.29. The highest BCUT2D eigenvalue weighted by molar-refractivity contribution is 5.94. The lowest BCUT2D eigenvalue weighted by atomic mass is 10.2. The average Bonchev–Trinajstić information content (AvgIpc) is 3.14. The predicted octanol–water partition coefficient (Wildman–Crippen LogP) is 4.07. The number of halogens is 3. The van der Waals surface area contributed by atoms with Gasteiger partial charge in [0.2, 0.25) is 0 Å². The Kier molecular flexibility index (Phi) is 5.55. The van der Waals surface area contributed by atoms with Gasteiger partial charge in [-0.3, -0.25) is 4.79 Å². The maximum atomic E-state index is 13.0. The third kappa shape index (κ3) is 4.61. The highest BCUT2D eigenvalue weighted by Gasteiger charge is 2.35. The first-order valence-electron chi connectivity index (χ1n) is 8.37. The van der Waals surface area contributed by atoms with Crippen LogP contribution in [0.5, 0.6) is 11.5 Å². The van der Waals surface area contributed by atoms with Crippen LogP contribution in [0.4, 0.5) is 18.9 Å². The summed E-state index contributed by atoms with van der Waals surface area (Å²) < 4.78 is 49.5. The van der Waals surface area contributed by atoms with Crippen molar-refractivity contribution in [1.82, 2.24) is 0 Å². The SMILES string of the molecule is O=C(Nc1ccc(Oc2ccccc2C(F)(F)F)cc1)[C@@H]1CC[C@H](C(=O)O)O1. The van der Waals surface area contributed by atoms with Crippen LogP contribution in [0.25, 0.3) is 0 Å². The van der Waals surface area contributed by atoms with Gasteiger partial charge in [-0.05, 0) is 49.2 Å². The number of benzene rings is 2. The second-order valence-corrected chi connectivity index (χ2v) is 6.14. The maximum absolute atomic E-state index is 13.0. The molecular formula is C19H16F3NO5. The van der Waals surface area contributed by atoms with E-state index in [-0.39, 0.29) is 24.3 Å². The molecule has 0 spiro atoms. The molecule has 0 radical (unpaired) electrons. The van der Waals surface area contributed by atoms with Crippen molar-refractivity contribution in [3.8, 4) is 11.5 Å². The molecular weight excluding hydrogens is 379 g/mol. The predicted molar refractivity (Wildman–Crippen MR) is 92.1 cm³/mol. The molecule has 1 fully saturated rings. The molecule has 3 rings (SSSR count). The fourth-order valence-corrected chi connectivity index (χ4v) is 2.76. The number of rotatable bonds is 5. The van der Waals surface area contributed by atoms with E-state index in [1.807, 2.05) is 0 Å². The maximum Gasteiger partial charge on any atom is 0.419 e. The van der Waals surface area contributed by atoms with E-state index in [9.17, 15) is 22.8 Å². The minimum Gasteiger partial charge on any atom is -0.479 e. The highest BCUT2D eigenvalue weighted by atomic mass is 19.4. The Bertz CT molecular complexity index is 867. The Morgan fingerprint density at radius 2 is 1.68 bits per heavy atom. The van der Waals surface area contributed by atoms with Crippen molar-refractivity contribution in [2.24, 2.45) is 0 Å². The zero-order valence-corrected chi connectivity index (χ0v) is 14.4. The largest absolute Gasteiger partial charge is 0.479 e. The van der Waals surface area contributed by atoms with Crippen molar-refractivity contribution < 1.29 is 37.3 Å². The average molecular weight is 395 g/mol. The van der Waals surface area contributed by atoms with Crippen molar-refractivity contribution in [2.75, 3.05) is 5.32 Å². The summed E-state index contributed by atoms with van der Waals surface area (Å²) in [4.78, 5) is 23.0. The van der Waals surface area contributed by atoms with E-state index >= 15 is 0 Å². The molecule has 1 heterocycles. The van der Waals surface area contributed by atoms with Crippen LogP contribution < -0.4 is 10.1 Å². The monoisotopic (exact) mass is 395 g/mol. The Hall–Kier alpha value is -3.07. The molecule has 2 N–H and O–H groups in total. The molecule has 2 aromatic carbocycles. The number of amides is 1. The summed E-state index contributed by atoms with van der Waals surface area (Å²) in [5.74, 6) is -1.76. The van der Waals surface area contributed by atoms with Crippen molar-refractivity contribution in [3.05, 3.63) is 54.1 Å². The second-order valence-electron chi connectivity index (χ2n) is 6.14. The van der Waals surface area contributed by atoms with E-state index in [1.54, 1.807) is 0 Å². The lowest BCUT2D eigenvalue weighted by molar-refractivity contribution is -0.151. The number of aliphatic carboxylic acids is 1. The quantitative estimate of drug-likeness (QED) is 0.797. The molecule has 0 bridgehead atoms. The van der Waals surface area contributed by atoms with E-state index in [2.05, 4.69) is 5.32 Å². The summed E-state index contributed by atoms with van der Waals surface area (Å²) >= 11 is 0. The first kappa shape index (κ1) is 19.7. The van der Waals surface area contributed by atoms with E-state index in [1.165, 1.54) is 42.5 Å². The molecule has 1 aliphatic rings. The molecule has 2 atom stereocenters. The summed E-state index contributed by atoms with van der Waals surface area (Å²) in [5, 5.41) is 11.5. The van der Waals surface area contributed by atoms with Gasteiger partial charge in [0.15, 0.2) is 6.10 Å². The van der Waals surface area contributed by atoms with Crippen molar-refractivity contribution in [3.63, 3.8) is 0 Å². The van der Waals surface area contributed by atoms with E-state index in [0.717, 1.165) is 6.07 Å². The molecule has 1 aliphatic heterocycles. The third-order valence-electron chi connectivity index (χ3n) is 4.13. The van der Waals surface area contributed by atoms with Crippen LogP contribution in [0, 0.1) is 0 Å². The van der Waals surface area contributed by atoms with Crippen molar-refractivity contribution >= 4 is 17.6 Å². The Balaban J connectivity index is 1.63. The van der Waals surface area contributed by atoms with Crippen LogP contribution in [0.1, 0.15) is 18.4 Å². The van der Waals surface area contributed by atoms with E-state index in [4.69, 9.17) is 14.6 Å². The fourth-order valence-electron chi connectivity index (χ4n) is 2.76. The molecule has 0 saturated carbocycles. The standard InChI is InChI=1S/C19H16F3NO5/c20-19(21,22)13-3-1-2-4-14(13)27-12-7-5-11(6-8-12)23-17(24)15-9-10-16(28-15)18(25)26/h1-8,15-16H,9-10H2,(H,23,24)(H,25,26)/t15-,16+/m0/s1. The van der Waals surface area contributed by atoms with E-state index in [0.29, 0.717) is 5.69 Å². The van der Waals surface area contributed by atoms with Crippen LogP contribution >= 0.6 is 0 Å². The molecule has 0 aromatic heterocycles. The molecule has 0 unspecified atom stereocenters. The number of hydrogen-bond acceptors (Lipinski definition) is 4. The van der Waals surface area contributed by atoms with Gasteiger partial charge in [-0.15, -0.1) is 0 Å². The summed E-state index contributed by atoms with van der Waals surface area (Å²) in [7, 11) is 0. The first-order chi connectivity index (χ1) is 13.2. The third-order valence-corrected chi connectivity index (χ3v) is 4.13. The topological polar surface area (TPSA) is 84.9 Å². The van der Waals surface area contributed by atoms with Crippen molar-refractivity contribution in [2.45, 2.75) is 31.2 Å². The number of alkyl halides is 3. The first-order valence-corrected chi connectivity index (χ1v) is 8.37. The van der Waals surface area contributed by atoms with Gasteiger partial charge < -0.3 is 19.9 Å². The molecule has 28 heavy (non-hydrogen) atoms. The number of para-hydroxylation sites is 1. The molecule has 148 valence electrons. The van der Waals surface area contributed by atoms with Gasteiger partial charge in [-0.2, -0.15) is 13.2 Å². The highest BCUT2D eigenvalue weighted by Crippen LogP contribution is 2.38. The van der Waals surface area contributed by atoms with Gasteiger partial charge in [0.25, 0.3) is 5.91 Å². The van der Waals surface area contributed by atoms with Gasteiger partial charge in [-0.25, -0.2) is 4.79 Å².